The van der Waals surface area contributed by atoms with Crippen LogP contribution < -0.4 is 9.47 Å². The van der Waals surface area contributed by atoms with Crippen LogP contribution in [-0.2, 0) is 16.9 Å². The van der Waals surface area contributed by atoms with Gasteiger partial charge in [-0.25, -0.2) is 0 Å². The highest BCUT2D eigenvalue weighted by atomic mass is 16.5. The van der Waals surface area contributed by atoms with Crippen molar-refractivity contribution >= 4 is 32.3 Å². The first-order valence-corrected chi connectivity index (χ1v) is 16.2. The van der Waals surface area contributed by atoms with Gasteiger partial charge in [-0.2, -0.15) is 0 Å². The van der Waals surface area contributed by atoms with E-state index in [9.17, 15) is 5.11 Å². The number of hydrogen-bond acceptors (Lipinski definition) is 5. The first-order chi connectivity index (χ1) is 23.1. The van der Waals surface area contributed by atoms with Crippen LogP contribution in [0, 0.1) is 0 Å². The standard InChI is InChI=1S/C42H37NO4/c1-45-35-20-16-33(17-21-35)42(32-9-4-3-5-10-32,34-18-22-36(46-2)23-19-34)47-39-27-43(26-38(39)44)25-31-14-13-30-12-11-28-7-6-8-29-15-24-37(31)41(30)40(28)29/h3-24,38-39,44H,25-27H2,1-2H3/t38-,39-/m1/s1. The second kappa shape index (κ2) is 12.0. The third-order valence-corrected chi connectivity index (χ3v) is 9.83. The molecule has 0 unspecified atom stereocenters. The number of aliphatic hydroxyl groups excluding tert-OH is 1. The van der Waals surface area contributed by atoms with Gasteiger partial charge in [-0.05, 0) is 78.8 Å². The van der Waals surface area contributed by atoms with E-state index in [4.69, 9.17) is 14.2 Å². The first-order valence-electron chi connectivity index (χ1n) is 16.2. The van der Waals surface area contributed by atoms with Gasteiger partial charge in [-0.15, -0.1) is 0 Å². The number of methoxy groups -OCH3 is 2. The van der Waals surface area contributed by atoms with Crippen molar-refractivity contribution in [2.24, 2.45) is 0 Å². The molecule has 1 N–H and O–H groups in total. The molecule has 0 spiro atoms. The highest BCUT2D eigenvalue weighted by molar-refractivity contribution is 6.23. The van der Waals surface area contributed by atoms with Gasteiger partial charge >= 0.3 is 0 Å². The number of rotatable bonds is 9. The molecule has 1 fully saturated rings. The van der Waals surface area contributed by atoms with E-state index in [2.05, 4.69) is 95.9 Å². The zero-order valence-corrected chi connectivity index (χ0v) is 26.6. The van der Waals surface area contributed by atoms with Crippen molar-refractivity contribution in [3.63, 3.8) is 0 Å². The summed E-state index contributed by atoms with van der Waals surface area (Å²) in [5, 5.41) is 19.3. The molecular formula is C42H37NO4. The molecule has 1 saturated heterocycles. The fourth-order valence-corrected chi connectivity index (χ4v) is 7.51. The van der Waals surface area contributed by atoms with Crippen molar-refractivity contribution < 1.29 is 19.3 Å². The molecule has 234 valence electrons. The average Bonchev–Trinajstić information content (AvgIpc) is 3.48. The van der Waals surface area contributed by atoms with Crippen molar-refractivity contribution in [1.29, 1.82) is 0 Å². The minimum Gasteiger partial charge on any atom is -0.497 e. The smallest absolute Gasteiger partial charge is 0.144 e. The molecule has 0 bridgehead atoms. The maximum Gasteiger partial charge on any atom is 0.144 e. The lowest BCUT2D eigenvalue weighted by Crippen LogP contribution is -2.41. The van der Waals surface area contributed by atoms with E-state index in [1.807, 2.05) is 42.5 Å². The fourth-order valence-electron chi connectivity index (χ4n) is 7.51. The summed E-state index contributed by atoms with van der Waals surface area (Å²) in [6.45, 7) is 1.82. The van der Waals surface area contributed by atoms with Crippen LogP contribution in [-0.4, -0.2) is 49.5 Å². The Bertz CT molecular complexity index is 2080. The van der Waals surface area contributed by atoms with Gasteiger partial charge in [0, 0.05) is 19.6 Å². The van der Waals surface area contributed by atoms with Gasteiger partial charge in [0.25, 0.3) is 0 Å². The van der Waals surface area contributed by atoms with Crippen LogP contribution in [0.5, 0.6) is 11.5 Å². The SMILES string of the molecule is COc1ccc(C(O[C@@H]2CN(Cc3ccc4ccc5cccc6ccc3c4c56)C[C@H]2O)(c2ccccc2)c2ccc(OC)cc2)cc1. The number of likely N-dealkylation sites (tertiary alicyclic amines) is 1. The Balaban J connectivity index is 1.17. The lowest BCUT2D eigenvalue weighted by molar-refractivity contribution is -0.0817. The van der Waals surface area contributed by atoms with Crippen LogP contribution in [0.4, 0.5) is 0 Å². The molecule has 1 aliphatic rings. The van der Waals surface area contributed by atoms with Crippen molar-refractivity contribution in [2.45, 2.75) is 24.4 Å². The molecule has 1 aliphatic heterocycles. The summed E-state index contributed by atoms with van der Waals surface area (Å²) in [7, 11) is 3.34. The second-order valence-electron chi connectivity index (χ2n) is 12.5. The Labute approximate surface area is 274 Å². The van der Waals surface area contributed by atoms with Gasteiger partial charge in [0.1, 0.15) is 17.1 Å². The molecule has 7 aromatic carbocycles. The predicted molar refractivity (Wildman–Crippen MR) is 189 cm³/mol. The summed E-state index contributed by atoms with van der Waals surface area (Å²) in [5.41, 5.74) is 3.14. The van der Waals surface area contributed by atoms with Crippen molar-refractivity contribution in [2.75, 3.05) is 27.3 Å². The van der Waals surface area contributed by atoms with E-state index in [0.29, 0.717) is 19.6 Å². The van der Waals surface area contributed by atoms with Gasteiger partial charge in [0.2, 0.25) is 0 Å². The van der Waals surface area contributed by atoms with Gasteiger partial charge < -0.3 is 19.3 Å². The van der Waals surface area contributed by atoms with Crippen LogP contribution in [0.25, 0.3) is 32.3 Å². The van der Waals surface area contributed by atoms with E-state index < -0.39 is 17.8 Å². The number of β-amino-alcohol motifs (C(OH)–C–C–N with tert-alkyl or cyclic N) is 1. The molecule has 0 saturated carbocycles. The van der Waals surface area contributed by atoms with Gasteiger partial charge in [-0.3, -0.25) is 4.90 Å². The lowest BCUT2D eigenvalue weighted by Gasteiger charge is -2.39. The van der Waals surface area contributed by atoms with Crippen molar-refractivity contribution in [3.05, 3.63) is 156 Å². The van der Waals surface area contributed by atoms with Crippen LogP contribution in [0.1, 0.15) is 22.3 Å². The van der Waals surface area contributed by atoms with Crippen molar-refractivity contribution in [3.8, 4) is 11.5 Å². The molecule has 5 heteroatoms. The van der Waals surface area contributed by atoms with Gasteiger partial charge in [-0.1, -0.05) is 109 Å². The number of aliphatic hydroxyl groups is 1. The highest BCUT2D eigenvalue weighted by Crippen LogP contribution is 2.44. The Morgan fingerprint density at radius 1 is 0.596 bits per heavy atom. The molecule has 1 heterocycles. The Hall–Kier alpha value is -4.94. The number of benzene rings is 7. The molecular weight excluding hydrogens is 582 g/mol. The summed E-state index contributed by atoms with van der Waals surface area (Å²) in [5.74, 6) is 1.54. The van der Waals surface area contributed by atoms with E-state index in [-0.39, 0.29) is 0 Å². The monoisotopic (exact) mass is 619 g/mol. The zero-order chi connectivity index (χ0) is 32.0. The minimum atomic E-state index is -0.992. The maximum atomic E-state index is 11.6. The largest absolute Gasteiger partial charge is 0.497 e. The Morgan fingerprint density at radius 2 is 1.15 bits per heavy atom. The van der Waals surface area contributed by atoms with Crippen molar-refractivity contribution in [1.82, 2.24) is 4.90 Å². The Kier molecular flexibility index (Phi) is 7.53. The first kappa shape index (κ1) is 29.5. The van der Waals surface area contributed by atoms with Crippen LogP contribution in [0.3, 0.4) is 0 Å². The summed E-state index contributed by atoms with van der Waals surface area (Å²) in [6, 6.07) is 46.3. The van der Waals surface area contributed by atoms with E-state index >= 15 is 0 Å². The van der Waals surface area contributed by atoms with Gasteiger partial charge in [0.05, 0.1) is 26.4 Å². The summed E-state index contributed by atoms with van der Waals surface area (Å²) in [6.07, 6.45) is -1.12. The molecule has 0 aliphatic carbocycles. The third kappa shape index (κ3) is 5.08. The normalized spacial score (nSPS) is 17.2. The predicted octanol–water partition coefficient (Wildman–Crippen LogP) is 8.16. The summed E-state index contributed by atoms with van der Waals surface area (Å²) < 4.78 is 18.3. The molecule has 0 radical (unpaired) electrons. The highest BCUT2D eigenvalue weighted by Gasteiger charge is 2.44. The molecule has 2 atom stereocenters. The van der Waals surface area contributed by atoms with E-state index in [0.717, 1.165) is 28.2 Å². The number of hydrogen-bond donors (Lipinski definition) is 1. The average molecular weight is 620 g/mol. The molecule has 0 aromatic heterocycles. The number of nitrogens with zero attached hydrogens (tertiary/aromatic N) is 1. The van der Waals surface area contributed by atoms with E-state index in [1.54, 1.807) is 14.2 Å². The lowest BCUT2D eigenvalue weighted by atomic mass is 9.79. The van der Waals surface area contributed by atoms with Crippen LogP contribution in [0.15, 0.2) is 133 Å². The minimum absolute atomic E-state index is 0.445. The molecule has 47 heavy (non-hydrogen) atoms. The van der Waals surface area contributed by atoms with Crippen LogP contribution in [0.2, 0.25) is 0 Å². The molecule has 8 rings (SSSR count). The Morgan fingerprint density at radius 3 is 1.77 bits per heavy atom. The summed E-state index contributed by atoms with van der Waals surface area (Å²) >= 11 is 0. The molecule has 5 nitrogen and oxygen atoms in total. The maximum absolute atomic E-state index is 11.6. The topological polar surface area (TPSA) is 51.2 Å². The fraction of sp³-hybridized carbons (Fsp3) is 0.190. The second-order valence-corrected chi connectivity index (χ2v) is 12.5. The summed E-state index contributed by atoms with van der Waals surface area (Å²) in [4.78, 5) is 2.32. The third-order valence-electron chi connectivity index (χ3n) is 9.83. The quantitative estimate of drug-likeness (QED) is 0.131. The zero-order valence-electron chi connectivity index (χ0n) is 26.6. The van der Waals surface area contributed by atoms with E-state index in [1.165, 1.54) is 37.9 Å². The molecule has 0 amide bonds. The number of ether oxygens (including phenoxy) is 3. The van der Waals surface area contributed by atoms with Gasteiger partial charge in [0.15, 0.2) is 0 Å². The molecule has 7 aromatic rings. The van der Waals surface area contributed by atoms with Crippen LogP contribution >= 0.6 is 0 Å².